The van der Waals surface area contributed by atoms with Crippen molar-refractivity contribution >= 4 is 29.2 Å². The summed E-state index contributed by atoms with van der Waals surface area (Å²) in [6.07, 6.45) is -0.680. The summed E-state index contributed by atoms with van der Waals surface area (Å²) in [5.41, 5.74) is 1.98. The van der Waals surface area contributed by atoms with E-state index in [2.05, 4.69) is 0 Å². The summed E-state index contributed by atoms with van der Waals surface area (Å²) in [6, 6.07) is 23.0. The van der Waals surface area contributed by atoms with Gasteiger partial charge in [-0.3, -0.25) is 9.69 Å². The number of hydrogen-bond acceptors (Lipinski definition) is 4. The molecule has 0 aromatic heterocycles. The Balaban J connectivity index is 1.68. The van der Waals surface area contributed by atoms with Crippen LogP contribution in [0.3, 0.4) is 0 Å². The monoisotopic (exact) mass is 407 g/mol. The van der Waals surface area contributed by atoms with Gasteiger partial charge in [0.1, 0.15) is 11.8 Å². The van der Waals surface area contributed by atoms with E-state index in [0.717, 1.165) is 5.56 Å². The Hall–Kier alpha value is -3.31. The number of anilines is 1. The SMILES string of the molecule is COC(=O)c1ccc([C@@H]2[C@H](Oc3ccccc3)C(=O)N2c2cccc(Cl)c2)cc1. The summed E-state index contributed by atoms with van der Waals surface area (Å²) in [5, 5.41) is 0.544. The molecule has 0 unspecified atom stereocenters. The second-order valence-electron chi connectivity index (χ2n) is 6.60. The minimum atomic E-state index is -0.680. The van der Waals surface area contributed by atoms with Crippen molar-refractivity contribution in [3.05, 3.63) is 95.0 Å². The number of ether oxygens (including phenoxy) is 2. The van der Waals surface area contributed by atoms with Crippen LogP contribution in [0, 0.1) is 0 Å². The molecule has 146 valence electrons. The first kappa shape index (κ1) is 19.0. The first-order chi connectivity index (χ1) is 14.1. The number of esters is 1. The largest absolute Gasteiger partial charge is 0.478 e. The van der Waals surface area contributed by atoms with Gasteiger partial charge in [0.2, 0.25) is 6.10 Å². The molecule has 0 aliphatic carbocycles. The number of carbonyl (C=O) groups is 2. The van der Waals surface area contributed by atoms with Gasteiger partial charge in [-0.1, -0.05) is 48.0 Å². The number of rotatable bonds is 5. The van der Waals surface area contributed by atoms with Crippen LogP contribution in [0.15, 0.2) is 78.9 Å². The van der Waals surface area contributed by atoms with Gasteiger partial charge in [0, 0.05) is 10.7 Å². The number of methoxy groups -OCH3 is 1. The Morgan fingerprint density at radius 1 is 0.966 bits per heavy atom. The average molecular weight is 408 g/mol. The molecule has 0 bridgehead atoms. The fourth-order valence-corrected chi connectivity index (χ4v) is 3.58. The predicted octanol–water partition coefficient (Wildman–Crippen LogP) is 4.66. The first-order valence-electron chi connectivity index (χ1n) is 9.07. The molecule has 1 fully saturated rings. The van der Waals surface area contributed by atoms with E-state index >= 15 is 0 Å². The Labute approximate surface area is 173 Å². The number of amides is 1. The topological polar surface area (TPSA) is 55.8 Å². The normalized spacial score (nSPS) is 18.1. The minimum Gasteiger partial charge on any atom is -0.478 e. The van der Waals surface area contributed by atoms with Gasteiger partial charge in [0.05, 0.1) is 12.7 Å². The molecule has 4 rings (SSSR count). The molecule has 1 saturated heterocycles. The number of nitrogens with zero attached hydrogens (tertiary/aromatic N) is 1. The highest BCUT2D eigenvalue weighted by atomic mass is 35.5. The van der Waals surface area contributed by atoms with Crippen LogP contribution >= 0.6 is 11.6 Å². The zero-order valence-corrected chi connectivity index (χ0v) is 16.4. The predicted molar refractivity (Wildman–Crippen MR) is 110 cm³/mol. The highest BCUT2D eigenvalue weighted by molar-refractivity contribution is 6.31. The molecule has 2 atom stereocenters. The molecule has 29 heavy (non-hydrogen) atoms. The Morgan fingerprint density at radius 2 is 1.69 bits per heavy atom. The fourth-order valence-electron chi connectivity index (χ4n) is 3.39. The number of benzene rings is 3. The van der Waals surface area contributed by atoms with Crippen molar-refractivity contribution in [1.82, 2.24) is 0 Å². The van der Waals surface area contributed by atoms with Crippen LogP contribution in [0.4, 0.5) is 5.69 Å². The molecular weight excluding hydrogens is 390 g/mol. The molecule has 5 nitrogen and oxygen atoms in total. The van der Waals surface area contributed by atoms with E-state index in [1.54, 1.807) is 35.2 Å². The van der Waals surface area contributed by atoms with Gasteiger partial charge in [-0.2, -0.15) is 0 Å². The van der Waals surface area contributed by atoms with Crippen molar-refractivity contribution in [3.63, 3.8) is 0 Å². The van der Waals surface area contributed by atoms with Crippen LogP contribution in [0.5, 0.6) is 5.75 Å². The van der Waals surface area contributed by atoms with Gasteiger partial charge >= 0.3 is 5.97 Å². The van der Waals surface area contributed by atoms with Gasteiger partial charge in [0.25, 0.3) is 5.91 Å². The molecule has 0 N–H and O–H groups in total. The van der Waals surface area contributed by atoms with E-state index < -0.39 is 12.1 Å². The molecule has 1 amide bonds. The Kier molecular flexibility index (Phi) is 5.23. The number of halogens is 1. The van der Waals surface area contributed by atoms with Crippen LogP contribution < -0.4 is 9.64 Å². The van der Waals surface area contributed by atoms with Gasteiger partial charge in [-0.05, 0) is 48.0 Å². The smallest absolute Gasteiger partial charge is 0.337 e. The number of β-lactam (4-membered cyclic amide) rings is 1. The lowest BCUT2D eigenvalue weighted by molar-refractivity contribution is -0.135. The van der Waals surface area contributed by atoms with E-state index in [4.69, 9.17) is 21.1 Å². The standard InChI is InChI=1S/C23H18ClNO4/c1-28-23(27)16-12-10-15(11-13-16)20-21(29-19-8-3-2-4-9-19)22(26)25(20)18-7-5-6-17(24)14-18/h2-14,20-21H,1H3/t20-,21+/m1/s1. The van der Waals surface area contributed by atoms with E-state index in [1.807, 2.05) is 48.5 Å². The molecule has 0 saturated carbocycles. The van der Waals surface area contributed by atoms with Crippen molar-refractivity contribution in [2.75, 3.05) is 12.0 Å². The lowest BCUT2D eigenvalue weighted by Gasteiger charge is -2.46. The summed E-state index contributed by atoms with van der Waals surface area (Å²) in [7, 11) is 1.34. The average Bonchev–Trinajstić information content (AvgIpc) is 2.76. The maximum Gasteiger partial charge on any atom is 0.337 e. The quantitative estimate of drug-likeness (QED) is 0.456. The summed E-state index contributed by atoms with van der Waals surface area (Å²) >= 11 is 6.13. The minimum absolute atomic E-state index is 0.154. The number of hydrogen-bond donors (Lipinski definition) is 0. The molecule has 1 heterocycles. The lowest BCUT2D eigenvalue weighted by Crippen LogP contribution is -2.61. The third kappa shape index (κ3) is 3.69. The van der Waals surface area contributed by atoms with E-state index in [0.29, 0.717) is 22.0 Å². The molecule has 0 radical (unpaired) electrons. The summed E-state index contributed by atoms with van der Waals surface area (Å²) < 4.78 is 10.7. The van der Waals surface area contributed by atoms with Crippen LogP contribution in [0.1, 0.15) is 22.0 Å². The van der Waals surface area contributed by atoms with Crippen molar-refractivity contribution < 1.29 is 19.1 Å². The van der Waals surface area contributed by atoms with Crippen molar-refractivity contribution in [3.8, 4) is 5.75 Å². The van der Waals surface area contributed by atoms with Crippen molar-refractivity contribution in [1.29, 1.82) is 0 Å². The Morgan fingerprint density at radius 3 is 2.34 bits per heavy atom. The zero-order valence-electron chi connectivity index (χ0n) is 15.6. The second-order valence-corrected chi connectivity index (χ2v) is 7.03. The molecule has 3 aromatic carbocycles. The van der Waals surface area contributed by atoms with E-state index in [1.165, 1.54) is 7.11 Å². The van der Waals surface area contributed by atoms with E-state index in [-0.39, 0.29) is 11.9 Å². The summed E-state index contributed by atoms with van der Waals surface area (Å²) in [5.74, 6) is 0.0518. The summed E-state index contributed by atoms with van der Waals surface area (Å²) in [4.78, 5) is 26.4. The van der Waals surface area contributed by atoms with Crippen LogP contribution in [-0.2, 0) is 9.53 Å². The molecule has 3 aromatic rings. The van der Waals surface area contributed by atoms with Crippen LogP contribution in [0.2, 0.25) is 5.02 Å². The van der Waals surface area contributed by atoms with Gasteiger partial charge in [-0.15, -0.1) is 0 Å². The molecular formula is C23H18ClNO4. The summed E-state index contributed by atoms with van der Waals surface area (Å²) in [6.45, 7) is 0. The first-order valence-corrected chi connectivity index (χ1v) is 9.45. The third-order valence-corrected chi connectivity index (χ3v) is 5.05. The van der Waals surface area contributed by atoms with Gasteiger partial charge in [-0.25, -0.2) is 4.79 Å². The fraction of sp³-hybridized carbons (Fsp3) is 0.130. The molecule has 0 spiro atoms. The zero-order chi connectivity index (χ0) is 20.4. The second kappa shape index (κ2) is 7.97. The van der Waals surface area contributed by atoms with E-state index in [9.17, 15) is 9.59 Å². The number of para-hydroxylation sites is 1. The number of carbonyl (C=O) groups excluding carboxylic acids is 2. The molecule has 1 aliphatic rings. The molecule has 6 heteroatoms. The van der Waals surface area contributed by atoms with Crippen LogP contribution in [0.25, 0.3) is 0 Å². The van der Waals surface area contributed by atoms with Crippen LogP contribution in [-0.4, -0.2) is 25.1 Å². The lowest BCUT2D eigenvalue weighted by atomic mass is 9.89. The van der Waals surface area contributed by atoms with Gasteiger partial charge in [0.15, 0.2) is 0 Å². The molecule has 1 aliphatic heterocycles. The van der Waals surface area contributed by atoms with Crippen molar-refractivity contribution in [2.45, 2.75) is 12.1 Å². The van der Waals surface area contributed by atoms with Crippen molar-refractivity contribution in [2.24, 2.45) is 0 Å². The van der Waals surface area contributed by atoms with Gasteiger partial charge < -0.3 is 9.47 Å². The maximum atomic E-state index is 13.0. The third-order valence-electron chi connectivity index (χ3n) is 4.81. The Bertz CT molecular complexity index is 1040. The highest BCUT2D eigenvalue weighted by Crippen LogP contribution is 2.41. The maximum absolute atomic E-state index is 13.0. The highest BCUT2D eigenvalue weighted by Gasteiger charge is 2.51.